The van der Waals surface area contributed by atoms with Gasteiger partial charge in [0, 0.05) is 38.6 Å². The van der Waals surface area contributed by atoms with E-state index in [4.69, 9.17) is 4.74 Å². The summed E-state index contributed by atoms with van der Waals surface area (Å²) < 4.78 is 5.81. The Morgan fingerprint density at radius 2 is 1.83 bits per heavy atom. The molecule has 1 aromatic rings. The molecule has 2 saturated heterocycles. The highest BCUT2D eigenvalue weighted by Gasteiger charge is 2.25. The molecule has 0 radical (unpaired) electrons. The van der Waals surface area contributed by atoms with E-state index < -0.39 is 0 Å². The molecule has 130 valence electrons. The van der Waals surface area contributed by atoms with Crippen LogP contribution in [0, 0.1) is 17.2 Å². The average molecular weight is 329 g/mol. The number of hydrogen-bond acceptors (Lipinski definition) is 6. The van der Waals surface area contributed by atoms with Crippen molar-refractivity contribution in [3.8, 4) is 6.07 Å². The Bertz CT molecular complexity index is 569. The molecule has 2 fully saturated rings. The van der Waals surface area contributed by atoms with Gasteiger partial charge in [-0.25, -0.2) is 9.97 Å². The number of rotatable bonds is 4. The van der Waals surface area contributed by atoms with E-state index in [0.29, 0.717) is 17.9 Å². The topological polar surface area (TPSA) is 65.3 Å². The summed E-state index contributed by atoms with van der Waals surface area (Å²) >= 11 is 0. The molecule has 1 aromatic heterocycles. The van der Waals surface area contributed by atoms with Crippen molar-refractivity contribution in [1.29, 1.82) is 5.26 Å². The molecule has 0 aromatic carbocycles. The highest BCUT2D eigenvalue weighted by atomic mass is 16.5. The van der Waals surface area contributed by atoms with E-state index >= 15 is 0 Å². The van der Waals surface area contributed by atoms with E-state index in [-0.39, 0.29) is 0 Å². The molecule has 2 atom stereocenters. The number of aromatic nitrogens is 2. The van der Waals surface area contributed by atoms with Crippen LogP contribution in [0.5, 0.6) is 0 Å². The number of hydrogen-bond donors (Lipinski definition) is 0. The van der Waals surface area contributed by atoms with Gasteiger partial charge in [0.2, 0.25) is 0 Å². The summed E-state index contributed by atoms with van der Waals surface area (Å²) in [7, 11) is 0. The SMILES string of the molecule is C[C@@H]1CN(CCC2CCN(c3nccnc3C#N)CC2)C[C@@H](C)O1. The molecule has 6 heteroatoms. The summed E-state index contributed by atoms with van der Waals surface area (Å²) in [6.07, 6.45) is 7.52. The van der Waals surface area contributed by atoms with Gasteiger partial charge in [0.1, 0.15) is 6.07 Å². The van der Waals surface area contributed by atoms with Crippen LogP contribution in [0.4, 0.5) is 5.82 Å². The molecule has 0 N–H and O–H groups in total. The van der Waals surface area contributed by atoms with Gasteiger partial charge in [-0.1, -0.05) is 0 Å². The van der Waals surface area contributed by atoms with Crippen molar-refractivity contribution < 1.29 is 4.74 Å². The van der Waals surface area contributed by atoms with Gasteiger partial charge >= 0.3 is 0 Å². The van der Waals surface area contributed by atoms with E-state index in [1.807, 2.05) is 0 Å². The van der Waals surface area contributed by atoms with Gasteiger partial charge in [0.15, 0.2) is 11.5 Å². The lowest BCUT2D eigenvalue weighted by atomic mass is 9.93. The molecule has 2 aliphatic heterocycles. The van der Waals surface area contributed by atoms with E-state index in [1.165, 1.54) is 6.42 Å². The van der Waals surface area contributed by atoms with Crippen LogP contribution in [0.2, 0.25) is 0 Å². The first-order valence-electron chi connectivity index (χ1n) is 8.99. The number of morpholine rings is 1. The Morgan fingerprint density at radius 3 is 2.50 bits per heavy atom. The van der Waals surface area contributed by atoms with Crippen LogP contribution in [-0.2, 0) is 4.74 Å². The van der Waals surface area contributed by atoms with Crippen molar-refractivity contribution in [2.75, 3.05) is 37.6 Å². The average Bonchev–Trinajstić information content (AvgIpc) is 2.59. The number of ether oxygens (including phenoxy) is 1. The Balaban J connectivity index is 1.46. The monoisotopic (exact) mass is 329 g/mol. The summed E-state index contributed by atoms with van der Waals surface area (Å²) in [5, 5.41) is 9.18. The molecule has 0 amide bonds. The molecule has 3 heterocycles. The molecular weight excluding hydrogens is 302 g/mol. The molecule has 0 bridgehead atoms. The highest BCUT2D eigenvalue weighted by Crippen LogP contribution is 2.25. The fourth-order valence-electron chi connectivity index (χ4n) is 3.91. The van der Waals surface area contributed by atoms with Gasteiger partial charge in [-0.2, -0.15) is 5.26 Å². The minimum absolute atomic E-state index is 0.344. The van der Waals surface area contributed by atoms with Crippen LogP contribution in [-0.4, -0.2) is 59.8 Å². The fourth-order valence-corrected chi connectivity index (χ4v) is 3.91. The van der Waals surface area contributed by atoms with Crippen molar-refractivity contribution in [1.82, 2.24) is 14.9 Å². The van der Waals surface area contributed by atoms with E-state index in [2.05, 4.69) is 39.7 Å². The zero-order chi connectivity index (χ0) is 16.9. The lowest BCUT2D eigenvalue weighted by Gasteiger charge is -2.37. The van der Waals surface area contributed by atoms with Gasteiger partial charge in [-0.3, -0.25) is 4.90 Å². The number of anilines is 1. The number of piperidine rings is 1. The van der Waals surface area contributed by atoms with Crippen LogP contribution < -0.4 is 4.90 Å². The van der Waals surface area contributed by atoms with Crippen LogP contribution in [0.25, 0.3) is 0 Å². The lowest BCUT2D eigenvalue weighted by molar-refractivity contribution is -0.0690. The first-order chi connectivity index (χ1) is 11.7. The van der Waals surface area contributed by atoms with Crippen LogP contribution in [0.3, 0.4) is 0 Å². The smallest absolute Gasteiger partial charge is 0.183 e. The van der Waals surface area contributed by atoms with E-state index in [1.54, 1.807) is 12.4 Å². The van der Waals surface area contributed by atoms with Gasteiger partial charge in [0.05, 0.1) is 12.2 Å². The van der Waals surface area contributed by atoms with Crippen molar-refractivity contribution >= 4 is 5.82 Å². The van der Waals surface area contributed by atoms with Gasteiger partial charge in [-0.15, -0.1) is 0 Å². The van der Waals surface area contributed by atoms with E-state index in [0.717, 1.165) is 57.3 Å². The second-order valence-corrected chi connectivity index (χ2v) is 7.08. The summed E-state index contributed by atoms with van der Waals surface area (Å²) in [6.45, 7) is 9.52. The molecule has 6 nitrogen and oxygen atoms in total. The standard InChI is InChI=1S/C18H27N5O/c1-14-12-22(13-15(2)24-14)8-3-16-4-9-23(10-5-16)18-17(11-19)20-6-7-21-18/h6-7,14-16H,3-5,8-10,12-13H2,1-2H3/t14-,15-/m1/s1. The fraction of sp³-hybridized carbons (Fsp3) is 0.722. The predicted octanol–water partition coefficient (Wildman–Crippen LogP) is 2.06. The van der Waals surface area contributed by atoms with Gasteiger partial charge < -0.3 is 9.64 Å². The zero-order valence-corrected chi connectivity index (χ0v) is 14.7. The third-order valence-electron chi connectivity index (χ3n) is 5.05. The molecule has 0 saturated carbocycles. The molecular formula is C18H27N5O. The maximum Gasteiger partial charge on any atom is 0.183 e. The van der Waals surface area contributed by atoms with Crippen LogP contribution in [0.15, 0.2) is 12.4 Å². The maximum atomic E-state index is 9.18. The lowest BCUT2D eigenvalue weighted by Crippen LogP contribution is -2.46. The largest absolute Gasteiger partial charge is 0.373 e. The first kappa shape index (κ1) is 17.1. The molecule has 0 aliphatic carbocycles. The van der Waals surface area contributed by atoms with Crippen LogP contribution in [0.1, 0.15) is 38.8 Å². The maximum absolute atomic E-state index is 9.18. The first-order valence-corrected chi connectivity index (χ1v) is 8.99. The highest BCUT2D eigenvalue weighted by molar-refractivity contribution is 5.49. The Labute approximate surface area is 144 Å². The van der Waals surface area contributed by atoms with Crippen LogP contribution >= 0.6 is 0 Å². The summed E-state index contributed by atoms with van der Waals surface area (Å²) in [6, 6.07) is 2.15. The second kappa shape index (κ2) is 7.91. The van der Waals surface area contributed by atoms with Gasteiger partial charge in [0.25, 0.3) is 0 Å². The normalized spacial score (nSPS) is 26.3. The van der Waals surface area contributed by atoms with E-state index in [9.17, 15) is 5.26 Å². The molecule has 24 heavy (non-hydrogen) atoms. The summed E-state index contributed by atoms with van der Waals surface area (Å²) in [5.74, 6) is 1.51. The third-order valence-corrected chi connectivity index (χ3v) is 5.05. The Hall–Kier alpha value is -1.71. The number of nitriles is 1. The molecule has 3 rings (SSSR count). The minimum Gasteiger partial charge on any atom is -0.373 e. The zero-order valence-electron chi connectivity index (χ0n) is 14.7. The van der Waals surface area contributed by atoms with Crippen molar-refractivity contribution in [2.24, 2.45) is 5.92 Å². The van der Waals surface area contributed by atoms with Crippen molar-refractivity contribution in [3.05, 3.63) is 18.1 Å². The Kier molecular flexibility index (Phi) is 5.64. The number of nitrogens with zero attached hydrogens (tertiary/aromatic N) is 5. The third kappa shape index (κ3) is 4.22. The Morgan fingerprint density at radius 1 is 1.17 bits per heavy atom. The molecule has 2 aliphatic rings. The second-order valence-electron chi connectivity index (χ2n) is 7.08. The van der Waals surface area contributed by atoms with Gasteiger partial charge in [-0.05, 0) is 45.6 Å². The summed E-state index contributed by atoms with van der Waals surface area (Å²) in [5.41, 5.74) is 0.437. The van der Waals surface area contributed by atoms with Crippen molar-refractivity contribution in [2.45, 2.75) is 45.3 Å². The quantitative estimate of drug-likeness (QED) is 0.842. The van der Waals surface area contributed by atoms with Crippen molar-refractivity contribution in [3.63, 3.8) is 0 Å². The minimum atomic E-state index is 0.344. The molecule has 0 unspecified atom stereocenters. The molecule has 0 spiro atoms. The predicted molar refractivity (Wildman–Crippen MR) is 92.8 cm³/mol. The summed E-state index contributed by atoms with van der Waals surface area (Å²) in [4.78, 5) is 13.2.